The normalized spacial score (nSPS) is 17.8. The van der Waals surface area contributed by atoms with E-state index in [1.54, 1.807) is 17.0 Å². The van der Waals surface area contributed by atoms with Crippen molar-refractivity contribution in [2.75, 3.05) is 42.5 Å². The molecule has 2 heterocycles. The number of carbonyl (C=O) groups is 1. The molecule has 2 N–H and O–H groups in total. The Morgan fingerprint density at radius 2 is 1.69 bits per heavy atom. The van der Waals surface area contributed by atoms with Crippen LogP contribution in [0.15, 0.2) is 47.4 Å². The molecule has 8 nitrogen and oxygen atoms in total. The predicted molar refractivity (Wildman–Crippen MR) is 171 cm³/mol. The molecule has 3 aromatic rings. The van der Waals surface area contributed by atoms with E-state index >= 15 is 0 Å². The molecule has 2 fully saturated rings. The molecule has 3 aromatic carbocycles. The van der Waals surface area contributed by atoms with E-state index in [4.69, 9.17) is 5.14 Å². The smallest absolute Gasteiger partial charge is 0.254 e. The summed E-state index contributed by atoms with van der Waals surface area (Å²) < 4.78 is 52.5. The molecule has 1 atom stereocenters. The average Bonchev–Trinajstić information content (AvgIpc) is 2.98. The molecule has 5 rings (SSSR count). The summed E-state index contributed by atoms with van der Waals surface area (Å²) in [5.74, 6) is -0.982. The zero-order valence-corrected chi connectivity index (χ0v) is 26.9. The summed E-state index contributed by atoms with van der Waals surface area (Å²) in [4.78, 5) is 19.3. The van der Waals surface area contributed by atoms with Crippen molar-refractivity contribution in [1.82, 2.24) is 4.90 Å². The van der Waals surface area contributed by atoms with E-state index in [0.29, 0.717) is 36.7 Å². The Labute approximate surface area is 264 Å². The Kier molecular flexibility index (Phi) is 9.19. The van der Waals surface area contributed by atoms with Crippen LogP contribution in [0.1, 0.15) is 57.9 Å². The van der Waals surface area contributed by atoms with Gasteiger partial charge in [0, 0.05) is 44.3 Å². The monoisotopic (exact) mass is 635 g/mol. The lowest BCUT2D eigenvalue weighted by Crippen LogP contribution is -2.54. The van der Waals surface area contributed by atoms with Crippen molar-refractivity contribution in [3.8, 4) is 6.07 Å². The van der Waals surface area contributed by atoms with Crippen molar-refractivity contribution in [3.05, 3.63) is 87.5 Å². The molecule has 2 saturated heterocycles. The van der Waals surface area contributed by atoms with Gasteiger partial charge in [-0.15, -0.1) is 0 Å². The van der Waals surface area contributed by atoms with Gasteiger partial charge < -0.3 is 14.7 Å². The predicted octanol–water partition coefficient (Wildman–Crippen LogP) is 5.22. The SMILES string of the molecule is Cc1cc(C)c(C(=O)N2CCN(c3cccc(F)c3S(N)(=O)=O)C[C@@H]2C)c(C)c1CC1CCN(c2ccc(F)cc2C#N)CC1. The number of carbonyl (C=O) groups excluding carboxylic acids is 1. The summed E-state index contributed by atoms with van der Waals surface area (Å²) in [7, 11) is -4.28. The number of amides is 1. The Morgan fingerprint density at radius 1 is 0.978 bits per heavy atom. The van der Waals surface area contributed by atoms with Gasteiger partial charge in [-0.25, -0.2) is 22.3 Å². The van der Waals surface area contributed by atoms with Crippen LogP contribution in [0.3, 0.4) is 0 Å². The molecule has 0 unspecified atom stereocenters. The van der Waals surface area contributed by atoms with Crippen molar-refractivity contribution < 1.29 is 22.0 Å². The number of hydrogen-bond acceptors (Lipinski definition) is 6. The number of anilines is 2. The first kappa shape index (κ1) is 32.4. The fraction of sp³-hybridized carbons (Fsp3) is 0.412. The van der Waals surface area contributed by atoms with Crippen molar-refractivity contribution in [2.45, 2.75) is 57.9 Å². The maximum Gasteiger partial charge on any atom is 0.254 e. The van der Waals surface area contributed by atoms with E-state index in [0.717, 1.165) is 60.8 Å². The summed E-state index contributed by atoms with van der Waals surface area (Å²) >= 11 is 0. The summed E-state index contributed by atoms with van der Waals surface area (Å²) in [5, 5.41) is 14.8. The molecule has 0 radical (unpaired) electrons. The maximum atomic E-state index is 14.5. The number of primary sulfonamides is 1. The number of halogens is 2. The molecule has 0 bridgehead atoms. The highest BCUT2D eigenvalue weighted by atomic mass is 32.2. The molecule has 2 aliphatic rings. The highest BCUT2D eigenvalue weighted by Crippen LogP contribution is 2.33. The standard InChI is InChI=1S/C34H39F2N5O3S/c1-21-16-22(2)32(24(4)28(21)17-25-10-12-39(13-11-25)30-9-8-27(35)18-26(30)19-37)34(42)41-15-14-40(20-23(41)3)31-7-5-6-29(36)33(31)45(38,43)44/h5-9,16,18,23,25H,10-15,17,20H2,1-4H3,(H2,38,43,44)/t23-/m0/s1. The second kappa shape index (κ2) is 12.8. The van der Waals surface area contributed by atoms with Gasteiger partial charge in [0.1, 0.15) is 22.6 Å². The molecule has 0 aliphatic carbocycles. The Bertz CT molecular complexity index is 1780. The van der Waals surface area contributed by atoms with Gasteiger partial charge in [-0.1, -0.05) is 12.1 Å². The number of benzene rings is 3. The van der Waals surface area contributed by atoms with E-state index in [-0.39, 0.29) is 17.6 Å². The van der Waals surface area contributed by atoms with E-state index in [1.807, 2.05) is 25.7 Å². The number of piperazine rings is 1. The molecule has 238 valence electrons. The fourth-order valence-electron chi connectivity index (χ4n) is 7.06. The molecule has 1 amide bonds. The van der Waals surface area contributed by atoms with Crippen molar-refractivity contribution in [1.29, 1.82) is 5.26 Å². The number of hydrogen-bond donors (Lipinski definition) is 1. The quantitative estimate of drug-likeness (QED) is 0.398. The molecule has 45 heavy (non-hydrogen) atoms. The number of rotatable bonds is 6. The van der Waals surface area contributed by atoms with Crippen LogP contribution in [0.4, 0.5) is 20.2 Å². The van der Waals surface area contributed by atoms with Gasteiger partial charge in [0.05, 0.1) is 16.9 Å². The van der Waals surface area contributed by atoms with Gasteiger partial charge in [-0.05, 0) is 105 Å². The van der Waals surface area contributed by atoms with Crippen molar-refractivity contribution in [2.24, 2.45) is 11.1 Å². The number of nitrogens with zero attached hydrogens (tertiary/aromatic N) is 4. The van der Waals surface area contributed by atoms with Gasteiger partial charge in [0.25, 0.3) is 5.91 Å². The third kappa shape index (κ3) is 6.53. The zero-order valence-electron chi connectivity index (χ0n) is 26.1. The molecule has 2 aliphatic heterocycles. The summed E-state index contributed by atoms with van der Waals surface area (Å²) in [6.07, 6.45) is 2.66. The third-order valence-corrected chi connectivity index (χ3v) is 10.3. The van der Waals surface area contributed by atoms with Crippen LogP contribution in [0.5, 0.6) is 0 Å². The van der Waals surface area contributed by atoms with E-state index < -0.39 is 26.6 Å². The summed E-state index contributed by atoms with van der Waals surface area (Å²) in [6.45, 7) is 10.5. The second-order valence-corrected chi connectivity index (χ2v) is 13.8. The lowest BCUT2D eigenvalue weighted by atomic mass is 9.83. The van der Waals surface area contributed by atoms with Crippen LogP contribution in [0.25, 0.3) is 0 Å². The molecule has 0 aromatic heterocycles. The summed E-state index contributed by atoms with van der Waals surface area (Å²) in [6, 6.07) is 12.3. The summed E-state index contributed by atoms with van der Waals surface area (Å²) in [5.41, 5.74) is 6.20. The average molecular weight is 636 g/mol. The first-order valence-corrected chi connectivity index (χ1v) is 16.8. The second-order valence-electron chi connectivity index (χ2n) is 12.3. The van der Waals surface area contributed by atoms with Crippen LogP contribution in [-0.4, -0.2) is 58.0 Å². The van der Waals surface area contributed by atoms with Crippen LogP contribution in [0.2, 0.25) is 0 Å². The minimum atomic E-state index is -4.28. The Balaban J connectivity index is 1.31. The first-order valence-electron chi connectivity index (χ1n) is 15.2. The van der Waals surface area contributed by atoms with Crippen LogP contribution < -0.4 is 14.9 Å². The third-order valence-electron chi connectivity index (χ3n) is 9.33. The van der Waals surface area contributed by atoms with Gasteiger partial charge in [0.2, 0.25) is 10.0 Å². The fourth-order valence-corrected chi connectivity index (χ4v) is 7.89. The topological polar surface area (TPSA) is 111 Å². The van der Waals surface area contributed by atoms with Gasteiger partial charge in [-0.3, -0.25) is 4.79 Å². The number of piperidine rings is 1. The van der Waals surface area contributed by atoms with Crippen LogP contribution in [-0.2, 0) is 16.4 Å². The first-order chi connectivity index (χ1) is 21.3. The van der Waals surface area contributed by atoms with Gasteiger partial charge >= 0.3 is 0 Å². The minimum absolute atomic E-state index is 0.0699. The number of aryl methyl sites for hydroxylation is 2. The van der Waals surface area contributed by atoms with Gasteiger partial charge in [-0.2, -0.15) is 5.26 Å². The van der Waals surface area contributed by atoms with Crippen molar-refractivity contribution >= 4 is 27.3 Å². The highest BCUT2D eigenvalue weighted by molar-refractivity contribution is 7.89. The van der Waals surface area contributed by atoms with Crippen LogP contribution >= 0.6 is 0 Å². The molecular formula is C34H39F2N5O3S. The highest BCUT2D eigenvalue weighted by Gasteiger charge is 2.33. The maximum absolute atomic E-state index is 14.5. The van der Waals surface area contributed by atoms with Crippen LogP contribution in [0, 0.1) is 49.7 Å². The number of sulfonamides is 1. The number of nitriles is 1. The van der Waals surface area contributed by atoms with E-state index in [9.17, 15) is 27.3 Å². The lowest BCUT2D eigenvalue weighted by molar-refractivity contribution is 0.0672. The zero-order chi connectivity index (χ0) is 32.6. The van der Waals surface area contributed by atoms with E-state index in [1.165, 1.54) is 23.8 Å². The van der Waals surface area contributed by atoms with Gasteiger partial charge in [0.15, 0.2) is 0 Å². The van der Waals surface area contributed by atoms with Crippen molar-refractivity contribution in [3.63, 3.8) is 0 Å². The molecule has 0 spiro atoms. The largest absolute Gasteiger partial charge is 0.370 e. The molecular weight excluding hydrogens is 596 g/mol. The van der Waals surface area contributed by atoms with E-state index in [2.05, 4.69) is 24.0 Å². The molecule has 11 heteroatoms. The lowest BCUT2D eigenvalue weighted by Gasteiger charge is -2.42. The molecule has 0 saturated carbocycles. The minimum Gasteiger partial charge on any atom is -0.370 e. The number of nitrogens with two attached hydrogens (primary N) is 1. The Morgan fingerprint density at radius 3 is 2.33 bits per heavy atom. The Hall–Kier alpha value is -4.01.